The lowest BCUT2D eigenvalue weighted by atomic mass is 10.2. The Balaban J connectivity index is 1.79. The molecule has 28 heavy (non-hydrogen) atoms. The van der Waals surface area contributed by atoms with E-state index in [1.807, 2.05) is 26.0 Å². The summed E-state index contributed by atoms with van der Waals surface area (Å²) in [4.78, 5) is 31.5. The average Bonchev–Trinajstić information content (AvgIpc) is 3.06. The number of hydrogen-bond acceptors (Lipinski definition) is 5. The number of carbonyl (C=O) groups excluding carboxylic acids is 1. The van der Waals surface area contributed by atoms with Gasteiger partial charge in [0.1, 0.15) is 11.5 Å². The summed E-state index contributed by atoms with van der Waals surface area (Å²) in [6, 6.07) is 8.78. The van der Waals surface area contributed by atoms with Gasteiger partial charge in [-0.15, -0.1) is 0 Å². The summed E-state index contributed by atoms with van der Waals surface area (Å²) in [6.45, 7) is 4.81. The van der Waals surface area contributed by atoms with Gasteiger partial charge in [0.15, 0.2) is 5.16 Å². The van der Waals surface area contributed by atoms with E-state index in [9.17, 15) is 9.59 Å². The minimum Gasteiger partial charge on any atom is -0.464 e. The quantitative estimate of drug-likeness (QED) is 0.425. The molecular weight excluding hydrogens is 398 g/mol. The number of furan rings is 1. The molecule has 3 aromatic rings. The molecule has 0 atom stereocenters. The van der Waals surface area contributed by atoms with Crippen molar-refractivity contribution in [2.75, 3.05) is 12.8 Å². The molecule has 2 aromatic heterocycles. The zero-order valence-corrected chi connectivity index (χ0v) is 17.6. The monoisotopic (exact) mass is 419 g/mol. The molecule has 0 unspecified atom stereocenters. The van der Waals surface area contributed by atoms with Crippen LogP contribution >= 0.6 is 23.4 Å². The summed E-state index contributed by atoms with van der Waals surface area (Å²) >= 11 is 7.31. The highest BCUT2D eigenvalue weighted by Gasteiger charge is 2.16. The molecule has 0 fully saturated rings. The molecule has 0 radical (unpaired) electrons. The van der Waals surface area contributed by atoms with Crippen LogP contribution in [-0.4, -0.2) is 33.2 Å². The van der Waals surface area contributed by atoms with Crippen molar-refractivity contribution in [1.29, 1.82) is 0 Å². The fourth-order valence-corrected chi connectivity index (χ4v) is 3.97. The van der Waals surface area contributed by atoms with Gasteiger partial charge >= 0.3 is 0 Å². The zero-order chi connectivity index (χ0) is 20.3. The van der Waals surface area contributed by atoms with Gasteiger partial charge in [0.05, 0.1) is 23.2 Å². The second-order valence-corrected chi connectivity index (χ2v) is 7.94. The Bertz CT molecular complexity index is 1060. The molecule has 3 rings (SSSR count). The van der Waals surface area contributed by atoms with E-state index in [1.165, 1.54) is 11.8 Å². The third kappa shape index (κ3) is 4.59. The summed E-state index contributed by atoms with van der Waals surface area (Å²) in [5, 5.41) is 1.57. The highest BCUT2D eigenvalue weighted by molar-refractivity contribution is 7.99. The molecule has 0 spiro atoms. The Kier molecular flexibility index (Phi) is 6.46. The van der Waals surface area contributed by atoms with E-state index in [-0.39, 0.29) is 17.2 Å². The van der Waals surface area contributed by atoms with Crippen molar-refractivity contribution in [3.63, 3.8) is 0 Å². The predicted molar refractivity (Wildman–Crippen MR) is 112 cm³/mol. The van der Waals surface area contributed by atoms with Crippen LogP contribution in [0.1, 0.15) is 24.9 Å². The van der Waals surface area contributed by atoms with Crippen LogP contribution in [0.25, 0.3) is 10.9 Å². The summed E-state index contributed by atoms with van der Waals surface area (Å²) in [6.07, 6.45) is 0.792. The highest BCUT2D eigenvalue weighted by atomic mass is 35.5. The maximum Gasteiger partial charge on any atom is 0.262 e. The van der Waals surface area contributed by atoms with Crippen LogP contribution < -0.4 is 5.56 Å². The highest BCUT2D eigenvalue weighted by Crippen LogP contribution is 2.21. The number of halogens is 1. The number of aromatic nitrogens is 2. The van der Waals surface area contributed by atoms with Gasteiger partial charge in [-0.25, -0.2) is 4.98 Å². The van der Waals surface area contributed by atoms with E-state index in [0.29, 0.717) is 34.2 Å². The first kappa shape index (κ1) is 20.5. The Hall–Kier alpha value is -2.25. The maximum atomic E-state index is 12.8. The van der Waals surface area contributed by atoms with Crippen LogP contribution in [0, 0.1) is 6.92 Å². The van der Waals surface area contributed by atoms with Crippen LogP contribution in [-0.2, 0) is 17.9 Å². The zero-order valence-electron chi connectivity index (χ0n) is 16.1. The lowest BCUT2D eigenvalue weighted by Crippen LogP contribution is -2.28. The molecule has 0 N–H and O–H groups in total. The molecule has 0 bridgehead atoms. The number of fused-ring (bicyclic) bond motifs is 1. The number of carbonyl (C=O) groups is 1. The Morgan fingerprint density at radius 1 is 1.32 bits per heavy atom. The first-order chi connectivity index (χ1) is 13.4. The molecule has 0 aliphatic heterocycles. The van der Waals surface area contributed by atoms with Crippen molar-refractivity contribution >= 4 is 40.2 Å². The fourth-order valence-electron chi connectivity index (χ4n) is 2.83. The second-order valence-electron chi connectivity index (χ2n) is 6.56. The van der Waals surface area contributed by atoms with Crippen LogP contribution in [0.2, 0.25) is 5.02 Å². The Labute approximate surface area is 172 Å². The fraction of sp³-hybridized carbons (Fsp3) is 0.350. The molecule has 8 heteroatoms. The average molecular weight is 420 g/mol. The minimum absolute atomic E-state index is 0.0671. The lowest BCUT2D eigenvalue weighted by Gasteiger charge is -2.16. The number of hydrogen-bond donors (Lipinski definition) is 0. The topological polar surface area (TPSA) is 68.3 Å². The first-order valence-electron chi connectivity index (χ1n) is 9.01. The minimum atomic E-state index is -0.113. The van der Waals surface area contributed by atoms with E-state index in [0.717, 1.165) is 17.9 Å². The maximum absolute atomic E-state index is 12.8. The molecule has 1 amide bonds. The third-order valence-corrected chi connectivity index (χ3v) is 5.47. The van der Waals surface area contributed by atoms with Crippen LogP contribution in [0.3, 0.4) is 0 Å². The van der Waals surface area contributed by atoms with Gasteiger partial charge in [0.25, 0.3) is 5.56 Å². The molecule has 2 heterocycles. The van der Waals surface area contributed by atoms with Crippen molar-refractivity contribution in [1.82, 2.24) is 14.5 Å². The van der Waals surface area contributed by atoms with E-state index >= 15 is 0 Å². The standard InChI is InChI=1S/C20H22ClN3O3S/c1-4-9-24-19(26)16-8-6-14(21)10-17(16)22-20(24)28-12-18(25)23(3)11-15-7-5-13(2)27-15/h5-8,10H,4,9,11-12H2,1-3H3. The Morgan fingerprint density at radius 2 is 2.11 bits per heavy atom. The van der Waals surface area contributed by atoms with Crippen molar-refractivity contribution < 1.29 is 9.21 Å². The number of aryl methyl sites for hydroxylation is 1. The van der Waals surface area contributed by atoms with Gasteiger partial charge in [-0.3, -0.25) is 14.2 Å². The van der Waals surface area contributed by atoms with Gasteiger partial charge < -0.3 is 9.32 Å². The van der Waals surface area contributed by atoms with Crippen molar-refractivity contribution in [3.05, 3.63) is 57.2 Å². The number of nitrogens with zero attached hydrogens (tertiary/aromatic N) is 3. The molecular formula is C20H22ClN3O3S. The smallest absolute Gasteiger partial charge is 0.262 e. The summed E-state index contributed by atoms with van der Waals surface area (Å²) in [5.41, 5.74) is 0.428. The number of rotatable bonds is 7. The van der Waals surface area contributed by atoms with E-state index in [4.69, 9.17) is 16.0 Å². The first-order valence-corrected chi connectivity index (χ1v) is 10.4. The Morgan fingerprint density at radius 3 is 2.79 bits per heavy atom. The van der Waals surface area contributed by atoms with Gasteiger partial charge in [0.2, 0.25) is 5.91 Å². The van der Waals surface area contributed by atoms with Gasteiger partial charge in [-0.05, 0) is 43.7 Å². The van der Waals surface area contributed by atoms with Crippen molar-refractivity contribution in [3.8, 4) is 0 Å². The van der Waals surface area contributed by atoms with Crippen LogP contribution in [0.4, 0.5) is 0 Å². The molecule has 1 aromatic carbocycles. The van der Waals surface area contributed by atoms with Crippen molar-refractivity contribution in [2.45, 2.75) is 38.5 Å². The number of amides is 1. The largest absolute Gasteiger partial charge is 0.464 e. The van der Waals surface area contributed by atoms with Crippen molar-refractivity contribution in [2.24, 2.45) is 0 Å². The summed E-state index contributed by atoms with van der Waals surface area (Å²) < 4.78 is 7.15. The van der Waals surface area contributed by atoms with Gasteiger partial charge in [-0.1, -0.05) is 30.3 Å². The second kappa shape index (κ2) is 8.84. The predicted octanol–water partition coefficient (Wildman–Crippen LogP) is 4.11. The summed E-state index contributed by atoms with van der Waals surface area (Å²) in [7, 11) is 1.73. The van der Waals surface area contributed by atoms with Gasteiger partial charge in [0, 0.05) is 18.6 Å². The molecule has 148 valence electrons. The van der Waals surface area contributed by atoms with E-state index in [2.05, 4.69) is 4.98 Å². The van der Waals surface area contributed by atoms with Crippen LogP contribution in [0.5, 0.6) is 0 Å². The summed E-state index contributed by atoms with van der Waals surface area (Å²) in [5.74, 6) is 1.66. The number of benzene rings is 1. The van der Waals surface area contributed by atoms with E-state index in [1.54, 1.807) is 34.7 Å². The SMILES string of the molecule is CCCn1c(SCC(=O)N(C)Cc2ccc(C)o2)nc2cc(Cl)ccc2c1=O. The molecule has 0 aliphatic rings. The number of thioether (sulfide) groups is 1. The molecule has 0 saturated heterocycles. The molecule has 0 saturated carbocycles. The third-order valence-electron chi connectivity index (χ3n) is 4.27. The normalized spacial score (nSPS) is 11.1. The van der Waals surface area contributed by atoms with E-state index < -0.39 is 0 Å². The van der Waals surface area contributed by atoms with Crippen LogP contribution in [0.15, 0.2) is 44.7 Å². The molecule has 0 aliphatic carbocycles. The van der Waals surface area contributed by atoms with Gasteiger partial charge in [-0.2, -0.15) is 0 Å². The molecule has 6 nitrogen and oxygen atoms in total. The lowest BCUT2D eigenvalue weighted by molar-refractivity contribution is -0.127.